The van der Waals surface area contributed by atoms with E-state index >= 15 is 0 Å². The summed E-state index contributed by atoms with van der Waals surface area (Å²) in [6.45, 7) is 7.07. The van der Waals surface area contributed by atoms with Crippen LogP contribution >= 0.6 is 0 Å². The average molecular weight is 242 g/mol. The van der Waals surface area contributed by atoms with E-state index in [0.717, 1.165) is 0 Å². The zero-order chi connectivity index (χ0) is 12.3. The lowest BCUT2D eigenvalue weighted by atomic mass is 10.2. The predicted molar refractivity (Wildman–Crippen MR) is 64.4 cm³/mol. The first-order valence-electron chi connectivity index (χ1n) is 4.89. The summed E-state index contributed by atoms with van der Waals surface area (Å²) in [4.78, 5) is 3.85. The zero-order valence-electron chi connectivity index (χ0n) is 9.82. The molecular weight excluding hydrogens is 227 g/mol. The molecular formula is C11H15FN2OS. The second-order valence-electron chi connectivity index (χ2n) is 4.43. The molecule has 0 N–H and O–H groups in total. The first-order chi connectivity index (χ1) is 7.30. The van der Waals surface area contributed by atoms with Gasteiger partial charge in [-0.15, -0.1) is 0 Å². The summed E-state index contributed by atoms with van der Waals surface area (Å²) in [6.07, 6.45) is 2.89. The second-order valence-corrected chi connectivity index (χ2v) is 6.37. The number of halogens is 1. The van der Waals surface area contributed by atoms with Gasteiger partial charge in [-0.05, 0) is 33.8 Å². The van der Waals surface area contributed by atoms with Gasteiger partial charge in [0.2, 0.25) is 0 Å². The zero-order valence-corrected chi connectivity index (χ0v) is 10.6. The van der Waals surface area contributed by atoms with Crippen molar-refractivity contribution in [1.82, 2.24) is 4.98 Å². The quantitative estimate of drug-likeness (QED) is 0.590. The molecule has 0 fully saturated rings. The molecule has 1 atom stereocenters. The molecule has 0 spiro atoms. The van der Waals surface area contributed by atoms with Crippen LogP contribution in [0.3, 0.4) is 0 Å². The fraction of sp³-hybridized carbons (Fsp3) is 0.455. The van der Waals surface area contributed by atoms with Crippen LogP contribution in [0.25, 0.3) is 0 Å². The number of aromatic nitrogens is 1. The Bertz CT molecular complexity index is 401. The smallest absolute Gasteiger partial charge is 0.145 e. The van der Waals surface area contributed by atoms with Crippen LogP contribution in [0.15, 0.2) is 16.7 Å². The van der Waals surface area contributed by atoms with E-state index in [2.05, 4.69) is 9.38 Å². The fourth-order valence-electron chi connectivity index (χ4n) is 0.859. The van der Waals surface area contributed by atoms with Crippen LogP contribution in [-0.4, -0.2) is 20.5 Å². The molecule has 0 amide bonds. The van der Waals surface area contributed by atoms with Crippen LogP contribution in [0.2, 0.25) is 0 Å². The van der Waals surface area contributed by atoms with E-state index in [9.17, 15) is 8.94 Å². The Morgan fingerprint density at radius 3 is 2.62 bits per heavy atom. The summed E-state index contributed by atoms with van der Waals surface area (Å²) in [5.41, 5.74) is 0.856. The molecule has 1 aromatic rings. The van der Waals surface area contributed by atoms with E-state index in [-0.39, 0.29) is 5.82 Å². The summed E-state index contributed by atoms with van der Waals surface area (Å²) in [5, 5.41) is 0. The van der Waals surface area contributed by atoms with Crippen molar-refractivity contribution < 1.29 is 8.94 Å². The molecule has 0 saturated carbocycles. The highest BCUT2D eigenvalue weighted by molar-refractivity contribution is 7.91. The largest absolute Gasteiger partial charge is 0.591 e. The first-order valence-corrected chi connectivity index (χ1v) is 5.99. The predicted octanol–water partition coefficient (Wildman–Crippen LogP) is 2.41. The Labute approximate surface area is 98.1 Å². The van der Waals surface area contributed by atoms with E-state index in [4.69, 9.17) is 0 Å². The molecule has 1 unspecified atom stereocenters. The Morgan fingerprint density at radius 1 is 1.50 bits per heavy atom. The number of nitrogens with zero attached hydrogens (tertiary/aromatic N) is 2. The molecule has 0 aliphatic heterocycles. The number of rotatable bonds is 2. The van der Waals surface area contributed by atoms with Crippen LogP contribution in [0.1, 0.15) is 32.0 Å². The summed E-state index contributed by atoms with van der Waals surface area (Å²) in [5.74, 6) is -0.384. The van der Waals surface area contributed by atoms with Crippen molar-refractivity contribution in [3.63, 3.8) is 0 Å². The third-order valence-electron chi connectivity index (χ3n) is 1.87. The maximum absolute atomic E-state index is 13.1. The molecule has 1 rings (SSSR count). The molecule has 0 aliphatic carbocycles. The van der Waals surface area contributed by atoms with Crippen molar-refractivity contribution >= 4 is 17.6 Å². The minimum absolute atomic E-state index is 0.342. The monoisotopic (exact) mass is 242 g/mol. The number of hydrogen-bond donors (Lipinski definition) is 0. The maximum atomic E-state index is 13.1. The average Bonchev–Trinajstić information content (AvgIpc) is 2.18. The molecule has 0 aliphatic rings. The minimum atomic E-state index is -1.33. The lowest BCUT2D eigenvalue weighted by Gasteiger charge is -2.17. The molecule has 1 heterocycles. The lowest BCUT2D eigenvalue weighted by molar-refractivity contribution is 0.561. The normalized spacial score (nSPS) is 14.4. The van der Waals surface area contributed by atoms with Gasteiger partial charge in [0, 0.05) is 11.8 Å². The second kappa shape index (κ2) is 4.93. The van der Waals surface area contributed by atoms with Gasteiger partial charge in [-0.3, -0.25) is 4.98 Å². The summed E-state index contributed by atoms with van der Waals surface area (Å²) >= 11 is -1.33. The van der Waals surface area contributed by atoms with Crippen molar-refractivity contribution in [2.75, 3.05) is 0 Å². The van der Waals surface area contributed by atoms with Gasteiger partial charge < -0.3 is 4.55 Å². The van der Waals surface area contributed by atoms with Crippen LogP contribution in [0.5, 0.6) is 0 Å². The third kappa shape index (κ3) is 3.57. The Kier molecular flexibility index (Phi) is 4.04. The highest BCUT2D eigenvalue weighted by Gasteiger charge is 2.25. The van der Waals surface area contributed by atoms with Crippen molar-refractivity contribution in [2.24, 2.45) is 4.40 Å². The van der Waals surface area contributed by atoms with Crippen LogP contribution < -0.4 is 0 Å². The lowest BCUT2D eigenvalue weighted by Crippen LogP contribution is -2.25. The molecule has 0 saturated heterocycles. The van der Waals surface area contributed by atoms with E-state index in [1.807, 2.05) is 20.8 Å². The maximum Gasteiger partial charge on any atom is 0.145 e. The van der Waals surface area contributed by atoms with Crippen molar-refractivity contribution in [1.29, 1.82) is 0 Å². The van der Waals surface area contributed by atoms with Crippen molar-refractivity contribution in [3.05, 3.63) is 29.3 Å². The summed E-state index contributed by atoms with van der Waals surface area (Å²) in [6, 6.07) is 1.33. The van der Waals surface area contributed by atoms with E-state index in [1.54, 1.807) is 6.92 Å². The van der Waals surface area contributed by atoms with Crippen LogP contribution in [-0.2, 0) is 11.4 Å². The standard InChI is InChI=1S/C11H15FN2OS/c1-8-10(12)5-9(6-13-8)7-14-16(15)11(2,3)4/h5-7H,1-4H3. The molecule has 16 heavy (non-hydrogen) atoms. The van der Waals surface area contributed by atoms with Gasteiger partial charge in [-0.25, -0.2) is 4.39 Å². The molecule has 1 aromatic heterocycles. The Morgan fingerprint density at radius 2 is 2.12 bits per heavy atom. The van der Waals surface area contributed by atoms with Crippen molar-refractivity contribution in [2.45, 2.75) is 32.4 Å². The summed E-state index contributed by atoms with van der Waals surface area (Å²) in [7, 11) is 0. The van der Waals surface area contributed by atoms with E-state index < -0.39 is 16.1 Å². The topological polar surface area (TPSA) is 48.3 Å². The molecule has 0 aromatic carbocycles. The Balaban J connectivity index is 2.81. The van der Waals surface area contributed by atoms with Crippen LogP contribution in [0.4, 0.5) is 4.39 Å². The number of pyridine rings is 1. The van der Waals surface area contributed by atoms with Gasteiger partial charge in [0.1, 0.15) is 21.9 Å². The Hall–Kier alpha value is -0.940. The first kappa shape index (κ1) is 13.1. The number of hydrogen-bond acceptors (Lipinski definition) is 3. The van der Waals surface area contributed by atoms with Crippen LogP contribution in [0, 0.1) is 12.7 Å². The molecule has 88 valence electrons. The minimum Gasteiger partial charge on any atom is -0.591 e. The van der Waals surface area contributed by atoms with Crippen molar-refractivity contribution in [3.8, 4) is 0 Å². The molecule has 0 bridgehead atoms. The summed E-state index contributed by atoms with van der Waals surface area (Å²) < 4.78 is 28.2. The van der Waals surface area contributed by atoms with Gasteiger partial charge in [0.25, 0.3) is 0 Å². The van der Waals surface area contributed by atoms with Gasteiger partial charge in [0.15, 0.2) is 0 Å². The molecule has 0 radical (unpaired) electrons. The van der Waals surface area contributed by atoms with Gasteiger partial charge in [-0.1, -0.05) is 4.40 Å². The molecule has 5 heteroatoms. The van der Waals surface area contributed by atoms with Gasteiger partial charge in [-0.2, -0.15) is 0 Å². The highest BCUT2D eigenvalue weighted by atomic mass is 32.2. The number of aryl methyl sites for hydroxylation is 1. The highest BCUT2D eigenvalue weighted by Crippen LogP contribution is 2.16. The van der Waals surface area contributed by atoms with E-state index in [0.29, 0.717) is 11.3 Å². The van der Waals surface area contributed by atoms with Gasteiger partial charge in [0.05, 0.1) is 11.9 Å². The SMILES string of the molecule is Cc1ncc(C=N[S+]([O-])C(C)(C)C)cc1F. The fourth-order valence-corrected chi connectivity index (χ4v) is 1.39. The van der Waals surface area contributed by atoms with E-state index in [1.165, 1.54) is 18.5 Å². The third-order valence-corrected chi connectivity index (χ3v) is 3.21. The molecule has 3 nitrogen and oxygen atoms in total. The van der Waals surface area contributed by atoms with Gasteiger partial charge >= 0.3 is 0 Å².